The van der Waals surface area contributed by atoms with Gasteiger partial charge in [0.15, 0.2) is 0 Å². The van der Waals surface area contributed by atoms with Gasteiger partial charge in [-0.05, 0) is 72.8 Å². The summed E-state index contributed by atoms with van der Waals surface area (Å²) in [6, 6.07) is 16.8. The fourth-order valence-electron chi connectivity index (χ4n) is 7.00. The summed E-state index contributed by atoms with van der Waals surface area (Å²) in [4.78, 5) is 0. The van der Waals surface area contributed by atoms with Gasteiger partial charge in [0, 0.05) is 15.9 Å². The van der Waals surface area contributed by atoms with Crippen molar-refractivity contribution in [3.8, 4) is 0 Å². The van der Waals surface area contributed by atoms with E-state index in [1.807, 2.05) is 24.3 Å². The van der Waals surface area contributed by atoms with Crippen LogP contribution in [0, 0.1) is 11.3 Å². The summed E-state index contributed by atoms with van der Waals surface area (Å²) in [6.45, 7) is 12.4. The van der Waals surface area contributed by atoms with Gasteiger partial charge >= 0.3 is 0 Å². The van der Waals surface area contributed by atoms with Gasteiger partial charge in [0.25, 0.3) is 0 Å². The van der Waals surface area contributed by atoms with Crippen molar-refractivity contribution in [1.82, 2.24) is 0 Å². The molecule has 5 atom stereocenters. The van der Waals surface area contributed by atoms with Gasteiger partial charge in [-0.1, -0.05) is 86.2 Å². The predicted octanol–water partition coefficient (Wildman–Crippen LogP) is 7.75. The quantitative estimate of drug-likeness (QED) is 0.248. The van der Waals surface area contributed by atoms with E-state index in [0.717, 1.165) is 36.3 Å². The molecular weight excluding hydrogens is 428 g/mol. The van der Waals surface area contributed by atoms with Gasteiger partial charge in [0.05, 0.1) is 12.7 Å². The minimum atomic E-state index is -0.226. The van der Waals surface area contributed by atoms with Crippen molar-refractivity contribution >= 4 is 11.6 Å². The number of rotatable bonds is 6. The third kappa shape index (κ3) is 3.37. The number of fused-ring (bicyclic) bond motifs is 1. The maximum Gasteiger partial charge on any atom is 0.147 e. The van der Waals surface area contributed by atoms with Crippen LogP contribution in [0.5, 0.6) is 0 Å². The Balaban J connectivity index is 1.53. The molecule has 2 aromatic rings. The Morgan fingerprint density at radius 2 is 1.85 bits per heavy atom. The Morgan fingerprint density at radius 3 is 2.61 bits per heavy atom. The fraction of sp³-hybridized carbons (Fsp3) is 0.467. The molecule has 0 radical (unpaired) electrons. The highest BCUT2D eigenvalue weighted by molar-refractivity contribution is 6.30. The highest BCUT2D eigenvalue weighted by Crippen LogP contribution is 2.66. The van der Waals surface area contributed by atoms with E-state index in [0.29, 0.717) is 19.3 Å². The number of allylic oxidation sites excluding steroid dienone is 2. The maximum absolute atomic E-state index is 6.63. The zero-order valence-corrected chi connectivity index (χ0v) is 20.8. The molecule has 0 unspecified atom stereocenters. The average Bonchev–Trinajstić information content (AvgIpc) is 3.02. The summed E-state index contributed by atoms with van der Waals surface area (Å²) in [5.74, 6) is 0.582. The molecule has 1 saturated carbocycles. The van der Waals surface area contributed by atoms with E-state index in [2.05, 4.69) is 63.8 Å². The number of benzene rings is 2. The lowest BCUT2D eigenvalue weighted by Crippen LogP contribution is -2.58. The SMILES string of the molecule is C=C(C)[C@@]12C=C[C@@]3(c4cc(Cl)ccc41)[C@@H](OCOCc1ccccc1)CC[C@@H](C)[C@]3(C)CC2. The Hall–Kier alpha value is -1.87. The van der Waals surface area contributed by atoms with E-state index in [1.54, 1.807) is 0 Å². The first kappa shape index (κ1) is 22.9. The second kappa shape index (κ2) is 8.41. The van der Waals surface area contributed by atoms with Crippen molar-refractivity contribution in [2.24, 2.45) is 11.3 Å². The maximum atomic E-state index is 6.63. The highest BCUT2D eigenvalue weighted by Gasteiger charge is 2.63. The molecule has 33 heavy (non-hydrogen) atoms. The number of ether oxygens (including phenoxy) is 2. The molecule has 0 N–H and O–H groups in total. The Morgan fingerprint density at radius 1 is 1.06 bits per heavy atom. The molecule has 6 rings (SSSR count). The molecule has 2 bridgehead atoms. The van der Waals surface area contributed by atoms with Crippen molar-refractivity contribution in [3.05, 3.63) is 94.5 Å². The summed E-state index contributed by atoms with van der Waals surface area (Å²) < 4.78 is 12.6. The lowest BCUT2D eigenvalue weighted by molar-refractivity contribution is -0.155. The molecular formula is C30H35ClO2. The van der Waals surface area contributed by atoms with Crippen LogP contribution in [0.3, 0.4) is 0 Å². The van der Waals surface area contributed by atoms with Gasteiger partial charge in [-0.2, -0.15) is 0 Å². The third-order valence-corrected chi connectivity index (χ3v) is 9.44. The first-order chi connectivity index (χ1) is 15.8. The van der Waals surface area contributed by atoms with Crippen LogP contribution in [0.25, 0.3) is 0 Å². The molecule has 0 saturated heterocycles. The minimum absolute atomic E-state index is 0.0455. The Labute approximate surface area is 203 Å². The molecule has 0 aromatic heterocycles. The van der Waals surface area contributed by atoms with E-state index in [1.165, 1.54) is 16.7 Å². The number of hydrogen-bond donors (Lipinski definition) is 0. The molecule has 2 nitrogen and oxygen atoms in total. The second-order valence-electron chi connectivity index (χ2n) is 10.6. The number of halogens is 1. The van der Waals surface area contributed by atoms with Gasteiger partial charge in [-0.3, -0.25) is 0 Å². The van der Waals surface area contributed by atoms with Crippen LogP contribution < -0.4 is 0 Å². The van der Waals surface area contributed by atoms with Crippen LogP contribution in [-0.2, 0) is 26.9 Å². The molecule has 0 aliphatic heterocycles. The molecule has 1 spiro atoms. The summed E-state index contributed by atoms with van der Waals surface area (Å²) in [5, 5.41) is 0.792. The van der Waals surface area contributed by atoms with Crippen LogP contribution in [0.15, 0.2) is 72.8 Å². The average molecular weight is 463 g/mol. The lowest BCUT2D eigenvalue weighted by atomic mass is 9.47. The lowest BCUT2D eigenvalue weighted by Gasteiger charge is -2.58. The third-order valence-electron chi connectivity index (χ3n) is 9.21. The predicted molar refractivity (Wildman–Crippen MR) is 135 cm³/mol. The zero-order valence-electron chi connectivity index (χ0n) is 20.1. The summed E-state index contributed by atoms with van der Waals surface area (Å²) in [7, 11) is 0. The first-order valence-electron chi connectivity index (χ1n) is 12.2. The molecule has 4 aliphatic carbocycles. The van der Waals surface area contributed by atoms with Gasteiger partial charge in [0.1, 0.15) is 6.79 Å². The zero-order chi connectivity index (χ0) is 23.3. The monoisotopic (exact) mass is 462 g/mol. The molecule has 174 valence electrons. The molecule has 0 amide bonds. The van der Waals surface area contributed by atoms with Crippen LogP contribution in [0.4, 0.5) is 0 Å². The van der Waals surface area contributed by atoms with Crippen molar-refractivity contribution in [3.63, 3.8) is 0 Å². The van der Waals surface area contributed by atoms with Crippen LogP contribution in [-0.4, -0.2) is 12.9 Å². The van der Waals surface area contributed by atoms with E-state index in [4.69, 9.17) is 21.1 Å². The van der Waals surface area contributed by atoms with E-state index >= 15 is 0 Å². The smallest absolute Gasteiger partial charge is 0.147 e. The van der Waals surface area contributed by atoms with Crippen molar-refractivity contribution in [1.29, 1.82) is 0 Å². The fourth-order valence-corrected chi connectivity index (χ4v) is 7.17. The van der Waals surface area contributed by atoms with Crippen LogP contribution >= 0.6 is 11.6 Å². The van der Waals surface area contributed by atoms with Crippen molar-refractivity contribution in [2.45, 2.75) is 70.0 Å². The van der Waals surface area contributed by atoms with Crippen LogP contribution in [0.1, 0.15) is 63.1 Å². The van der Waals surface area contributed by atoms with E-state index in [9.17, 15) is 0 Å². The van der Waals surface area contributed by atoms with E-state index < -0.39 is 0 Å². The van der Waals surface area contributed by atoms with Crippen molar-refractivity contribution in [2.75, 3.05) is 6.79 Å². The minimum Gasteiger partial charge on any atom is -0.351 e. The van der Waals surface area contributed by atoms with Gasteiger partial charge in [-0.25, -0.2) is 0 Å². The van der Waals surface area contributed by atoms with E-state index in [-0.39, 0.29) is 22.3 Å². The molecule has 2 aromatic carbocycles. The Kier molecular flexibility index (Phi) is 5.84. The standard InChI is InChI=1S/C30H35ClO2/c1-21(2)29-15-14-28(4)22(3)10-13-27(33-20-32-19-23-8-6-5-7-9-23)30(28,17-16-29)26-18-24(31)11-12-25(26)29/h5-9,11-12,16-18,22,27H,1,10,13-15,19-20H2,2-4H3/t22-,27+,28+,29-,30-/m1/s1. The molecule has 0 heterocycles. The van der Waals surface area contributed by atoms with Gasteiger partial charge in [0.2, 0.25) is 0 Å². The highest BCUT2D eigenvalue weighted by atomic mass is 35.5. The summed E-state index contributed by atoms with van der Waals surface area (Å²) in [6.07, 6.45) is 9.34. The topological polar surface area (TPSA) is 18.5 Å². The normalized spacial score (nSPS) is 34.4. The Bertz CT molecular complexity index is 1080. The first-order valence-corrected chi connectivity index (χ1v) is 12.6. The molecule has 1 fully saturated rings. The molecule has 3 heteroatoms. The van der Waals surface area contributed by atoms with Crippen LogP contribution in [0.2, 0.25) is 5.02 Å². The summed E-state index contributed by atoms with van der Waals surface area (Å²) >= 11 is 6.63. The molecule has 4 aliphatic rings. The number of hydrogen-bond acceptors (Lipinski definition) is 2. The van der Waals surface area contributed by atoms with Gasteiger partial charge < -0.3 is 9.47 Å². The van der Waals surface area contributed by atoms with Gasteiger partial charge in [-0.15, -0.1) is 0 Å². The second-order valence-corrected chi connectivity index (χ2v) is 11.1. The van der Waals surface area contributed by atoms with Crippen molar-refractivity contribution < 1.29 is 9.47 Å². The largest absolute Gasteiger partial charge is 0.351 e. The summed E-state index contributed by atoms with van der Waals surface area (Å²) in [5.41, 5.74) is 4.78.